The Bertz CT molecular complexity index is 487. The number of nitrogens with one attached hydrogen (secondary N) is 1. The quantitative estimate of drug-likeness (QED) is 0.849. The lowest BCUT2D eigenvalue weighted by Gasteiger charge is -2.08. The van der Waals surface area contributed by atoms with E-state index in [0.717, 1.165) is 42.4 Å². The van der Waals surface area contributed by atoms with Gasteiger partial charge in [-0.15, -0.1) is 0 Å². The zero-order valence-electron chi connectivity index (χ0n) is 11.2. The molecule has 0 spiro atoms. The van der Waals surface area contributed by atoms with Crippen LogP contribution in [0.1, 0.15) is 44.9 Å². The first kappa shape index (κ1) is 12.9. The number of rotatable bonds is 6. The van der Waals surface area contributed by atoms with Crippen molar-refractivity contribution in [2.75, 3.05) is 6.54 Å². The summed E-state index contributed by atoms with van der Waals surface area (Å²) < 4.78 is 11.2. The number of nitrogens with zero attached hydrogens (tertiary/aromatic N) is 1. The normalized spacial score (nSPS) is 12.8. The minimum atomic E-state index is 0.135. The molecular formula is C14H20N2O2. The van der Waals surface area contributed by atoms with E-state index in [1.54, 1.807) is 12.5 Å². The van der Waals surface area contributed by atoms with E-state index in [1.165, 1.54) is 0 Å². The third-order valence-corrected chi connectivity index (χ3v) is 2.93. The fourth-order valence-corrected chi connectivity index (χ4v) is 1.89. The Morgan fingerprint density at radius 3 is 2.94 bits per heavy atom. The van der Waals surface area contributed by atoms with E-state index in [2.05, 4.69) is 31.1 Å². The molecule has 4 nitrogen and oxygen atoms in total. The highest BCUT2D eigenvalue weighted by Gasteiger charge is 2.15. The van der Waals surface area contributed by atoms with E-state index in [-0.39, 0.29) is 6.04 Å². The maximum absolute atomic E-state index is 5.80. The van der Waals surface area contributed by atoms with Crippen molar-refractivity contribution in [2.24, 2.45) is 0 Å². The molecule has 0 aliphatic carbocycles. The first-order valence-corrected chi connectivity index (χ1v) is 6.52. The van der Waals surface area contributed by atoms with Gasteiger partial charge in [-0.3, -0.25) is 0 Å². The van der Waals surface area contributed by atoms with Crippen molar-refractivity contribution in [2.45, 2.75) is 39.7 Å². The van der Waals surface area contributed by atoms with Crippen LogP contribution in [0, 0.1) is 0 Å². The predicted molar refractivity (Wildman–Crippen MR) is 70.3 cm³/mol. The first-order chi connectivity index (χ1) is 8.76. The highest BCUT2D eigenvalue weighted by atomic mass is 16.4. The van der Waals surface area contributed by atoms with Gasteiger partial charge in [-0.25, -0.2) is 4.98 Å². The monoisotopic (exact) mass is 248 g/mol. The van der Waals surface area contributed by atoms with Crippen LogP contribution in [0.2, 0.25) is 0 Å². The second kappa shape index (κ2) is 5.87. The van der Waals surface area contributed by atoms with E-state index >= 15 is 0 Å². The molecule has 2 heterocycles. The number of aryl methyl sites for hydroxylation is 1. The van der Waals surface area contributed by atoms with Gasteiger partial charge < -0.3 is 14.2 Å². The average molecular weight is 248 g/mol. The van der Waals surface area contributed by atoms with Crippen LogP contribution in [-0.4, -0.2) is 11.5 Å². The number of aromatic nitrogens is 1. The molecule has 1 unspecified atom stereocenters. The summed E-state index contributed by atoms with van der Waals surface area (Å²) >= 11 is 0. The minimum absolute atomic E-state index is 0.135. The van der Waals surface area contributed by atoms with Crippen LogP contribution in [0.4, 0.5) is 0 Å². The summed E-state index contributed by atoms with van der Waals surface area (Å²) in [5.74, 6) is 2.44. The lowest BCUT2D eigenvalue weighted by atomic mass is 10.2. The molecule has 0 amide bonds. The highest BCUT2D eigenvalue weighted by Crippen LogP contribution is 2.27. The van der Waals surface area contributed by atoms with Gasteiger partial charge in [-0.2, -0.15) is 0 Å². The molecule has 0 radical (unpaired) electrons. The molecule has 0 bridgehead atoms. The van der Waals surface area contributed by atoms with Crippen molar-refractivity contribution in [3.63, 3.8) is 0 Å². The van der Waals surface area contributed by atoms with Crippen molar-refractivity contribution in [3.8, 4) is 11.3 Å². The number of hydrogen-bond donors (Lipinski definition) is 1. The molecule has 0 aliphatic heterocycles. The summed E-state index contributed by atoms with van der Waals surface area (Å²) in [7, 11) is 0. The Morgan fingerprint density at radius 2 is 2.22 bits per heavy atom. The van der Waals surface area contributed by atoms with Gasteiger partial charge in [0.05, 0.1) is 24.1 Å². The van der Waals surface area contributed by atoms with Crippen molar-refractivity contribution in [1.82, 2.24) is 10.3 Å². The molecule has 0 aromatic carbocycles. The predicted octanol–water partition coefficient (Wildman–Crippen LogP) is 3.56. The number of hydrogen-bond acceptors (Lipinski definition) is 4. The smallest absolute Gasteiger partial charge is 0.211 e. The third-order valence-electron chi connectivity index (χ3n) is 2.93. The Balaban J connectivity index is 2.15. The zero-order valence-corrected chi connectivity index (χ0v) is 11.2. The van der Waals surface area contributed by atoms with E-state index in [4.69, 9.17) is 8.83 Å². The lowest BCUT2D eigenvalue weighted by Crippen LogP contribution is -2.19. The van der Waals surface area contributed by atoms with Crippen LogP contribution in [-0.2, 0) is 6.42 Å². The molecule has 0 fully saturated rings. The topological polar surface area (TPSA) is 51.2 Å². The van der Waals surface area contributed by atoms with Crippen LogP contribution in [0.3, 0.4) is 0 Å². The molecule has 98 valence electrons. The average Bonchev–Trinajstić information content (AvgIpc) is 3.02. The van der Waals surface area contributed by atoms with Crippen LogP contribution in [0.5, 0.6) is 0 Å². The molecular weight excluding hydrogens is 228 g/mol. The van der Waals surface area contributed by atoms with Crippen molar-refractivity contribution in [3.05, 3.63) is 30.2 Å². The van der Waals surface area contributed by atoms with Crippen LogP contribution >= 0.6 is 0 Å². The maximum atomic E-state index is 5.80. The highest BCUT2D eigenvalue weighted by molar-refractivity contribution is 5.58. The summed E-state index contributed by atoms with van der Waals surface area (Å²) in [6.45, 7) is 7.22. The molecule has 0 saturated carbocycles. The Labute approximate surface area is 107 Å². The fraction of sp³-hybridized carbons (Fsp3) is 0.500. The van der Waals surface area contributed by atoms with E-state index in [9.17, 15) is 0 Å². The summed E-state index contributed by atoms with van der Waals surface area (Å²) in [4.78, 5) is 4.33. The summed E-state index contributed by atoms with van der Waals surface area (Å²) in [5.41, 5.74) is 0.999. The Morgan fingerprint density at radius 1 is 1.39 bits per heavy atom. The molecule has 18 heavy (non-hydrogen) atoms. The number of furan rings is 1. The SMILES string of the molecule is CCCNC(C)c1ncc(-c2ccoc2CC)o1. The van der Waals surface area contributed by atoms with Gasteiger partial charge in [0.15, 0.2) is 5.76 Å². The zero-order chi connectivity index (χ0) is 13.0. The summed E-state index contributed by atoms with van der Waals surface area (Å²) in [5, 5.41) is 3.36. The molecule has 4 heteroatoms. The van der Waals surface area contributed by atoms with Gasteiger partial charge >= 0.3 is 0 Å². The van der Waals surface area contributed by atoms with Crippen LogP contribution in [0.25, 0.3) is 11.3 Å². The molecule has 0 aliphatic rings. The standard InChI is InChI=1S/C14H20N2O2/c1-4-7-15-10(3)14-16-9-13(18-14)11-6-8-17-12(11)5-2/h6,8-10,15H,4-5,7H2,1-3H3. The second-order valence-corrected chi connectivity index (χ2v) is 4.35. The third kappa shape index (κ3) is 2.64. The fourth-order valence-electron chi connectivity index (χ4n) is 1.89. The molecule has 2 aromatic heterocycles. The van der Waals surface area contributed by atoms with Gasteiger partial charge in [-0.05, 0) is 26.0 Å². The largest absolute Gasteiger partial charge is 0.469 e. The maximum Gasteiger partial charge on any atom is 0.211 e. The van der Waals surface area contributed by atoms with Gasteiger partial charge in [0, 0.05) is 6.42 Å². The Kier molecular flexibility index (Phi) is 4.20. The first-order valence-electron chi connectivity index (χ1n) is 6.52. The van der Waals surface area contributed by atoms with E-state index < -0.39 is 0 Å². The molecule has 1 atom stereocenters. The lowest BCUT2D eigenvalue weighted by molar-refractivity contribution is 0.422. The van der Waals surface area contributed by atoms with Gasteiger partial charge in [0.1, 0.15) is 5.76 Å². The van der Waals surface area contributed by atoms with E-state index in [0.29, 0.717) is 0 Å². The molecule has 1 N–H and O–H groups in total. The summed E-state index contributed by atoms with van der Waals surface area (Å²) in [6.07, 6.45) is 5.40. The molecule has 2 aromatic rings. The van der Waals surface area contributed by atoms with Gasteiger partial charge in [0.2, 0.25) is 5.89 Å². The van der Waals surface area contributed by atoms with Gasteiger partial charge in [0.25, 0.3) is 0 Å². The van der Waals surface area contributed by atoms with E-state index in [1.807, 2.05) is 6.07 Å². The summed E-state index contributed by atoms with van der Waals surface area (Å²) in [6, 6.07) is 2.06. The molecule has 0 saturated heterocycles. The minimum Gasteiger partial charge on any atom is -0.469 e. The van der Waals surface area contributed by atoms with Crippen molar-refractivity contribution < 1.29 is 8.83 Å². The second-order valence-electron chi connectivity index (χ2n) is 4.35. The number of oxazole rings is 1. The molecule has 2 rings (SSSR count). The van der Waals surface area contributed by atoms with Crippen LogP contribution < -0.4 is 5.32 Å². The van der Waals surface area contributed by atoms with Crippen molar-refractivity contribution >= 4 is 0 Å². The van der Waals surface area contributed by atoms with Crippen molar-refractivity contribution in [1.29, 1.82) is 0 Å². The van der Waals surface area contributed by atoms with Gasteiger partial charge in [-0.1, -0.05) is 13.8 Å². The Hall–Kier alpha value is -1.55. The van der Waals surface area contributed by atoms with Crippen LogP contribution in [0.15, 0.2) is 27.4 Å².